The van der Waals surface area contributed by atoms with E-state index in [4.69, 9.17) is 11.6 Å². The lowest BCUT2D eigenvalue weighted by Gasteiger charge is -2.08. The van der Waals surface area contributed by atoms with Crippen LogP contribution < -0.4 is 5.32 Å². The minimum absolute atomic E-state index is 0.700. The Morgan fingerprint density at radius 2 is 2.06 bits per heavy atom. The maximum Gasteiger partial charge on any atom is 0.207 e. The summed E-state index contributed by atoms with van der Waals surface area (Å²) in [7, 11) is 1.95. The fourth-order valence-corrected chi connectivity index (χ4v) is 1.75. The molecular weight excluding hydrogens is 222 g/mol. The summed E-state index contributed by atoms with van der Waals surface area (Å²) < 4.78 is 1.94. The van der Waals surface area contributed by atoms with Crippen molar-refractivity contribution in [1.29, 1.82) is 0 Å². The smallest absolute Gasteiger partial charge is 0.207 e. The van der Waals surface area contributed by atoms with Crippen LogP contribution in [-0.2, 0) is 7.05 Å². The highest BCUT2D eigenvalue weighted by molar-refractivity contribution is 6.33. The maximum absolute atomic E-state index is 6.11. The molecule has 0 bridgehead atoms. The van der Waals surface area contributed by atoms with E-state index in [1.165, 1.54) is 0 Å². The molecule has 16 heavy (non-hydrogen) atoms. The highest BCUT2D eigenvalue weighted by atomic mass is 35.5. The van der Waals surface area contributed by atoms with Gasteiger partial charge in [-0.15, -0.1) is 0 Å². The molecule has 0 atom stereocenters. The first kappa shape index (κ1) is 11.0. The van der Waals surface area contributed by atoms with Crippen LogP contribution in [-0.4, -0.2) is 9.55 Å². The number of hydrogen-bond donors (Lipinski definition) is 1. The van der Waals surface area contributed by atoms with Crippen LogP contribution in [0.3, 0.4) is 0 Å². The normalized spacial score (nSPS) is 10.5. The van der Waals surface area contributed by atoms with Crippen molar-refractivity contribution in [3.8, 4) is 0 Å². The van der Waals surface area contributed by atoms with Crippen LogP contribution in [0.15, 0.2) is 24.4 Å². The molecule has 0 amide bonds. The first-order valence-corrected chi connectivity index (χ1v) is 5.47. The van der Waals surface area contributed by atoms with Gasteiger partial charge in [0.15, 0.2) is 0 Å². The summed E-state index contributed by atoms with van der Waals surface area (Å²) >= 11 is 6.11. The van der Waals surface area contributed by atoms with Crippen molar-refractivity contribution in [1.82, 2.24) is 9.55 Å². The van der Waals surface area contributed by atoms with Crippen LogP contribution in [0.25, 0.3) is 0 Å². The Hall–Kier alpha value is -1.48. The zero-order valence-electron chi connectivity index (χ0n) is 9.58. The molecule has 3 nitrogen and oxygen atoms in total. The fourth-order valence-electron chi connectivity index (χ4n) is 1.59. The number of imidazole rings is 1. The van der Waals surface area contributed by atoms with Gasteiger partial charge in [0.2, 0.25) is 5.95 Å². The van der Waals surface area contributed by atoms with Gasteiger partial charge in [-0.3, -0.25) is 0 Å². The van der Waals surface area contributed by atoms with Gasteiger partial charge in [0.25, 0.3) is 0 Å². The largest absolute Gasteiger partial charge is 0.324 e. The first-order chi connectivity index (χ1) is 7.56. The van der Waals surface area contributed by atoms with Crippen molar-refractivity contribution in [3.63, 3.8) is 0 Å². The summed E-state index contributed by atoms with van der Waals surface area (Å²) in [5, 5.41) is 3.92. The van der Waals surface area contributed by atoms with E-state index in [2.05, 4.69) is 10.3 Å². The standard InChI is InChI=1S/C12H14ClN3/c1-8-4-5-10(13)11(6-8)15-12-14-9(2)7-16(12)3/h4-7H,1-3H3,(H,14,15). The Bertz CT molecular complexity index is 517. The van der Waals surface area contributed by atoms with E-state index in [1.54, 1.807) is 0 Å². The monoisotopic (exact) mass is 235 g/mol. The van der Waals surface area contributed by atoms with Crippen LogP contribution in [0.4, 0.5) is 11.6 Å². The van der Waals surface area contributed by atoms with Gasteiger partial charge in [0.1, 0.15) is 0 Å². The zero-order chi connectivity index (χ0) is 11.7. The third kappa shape index (κ3) is 2.19. The number of nitrogens with one attached hydrogen (secondary N) is 1. The SMILES string of the molecule is Cc1ccc(Cl)c(Nc2nc(C)cn2C)c1. The fraction of sp³-hybridized carbons (Fsp3) is 0.250. The Labute approximate surface area is 100 Å². The van der Waals surface area contributed by atoms with Crippen molar-refractivity contribution >= 4 is 23.2 Å². The van der Waals surface area contributed by atoms with Gasteiger partial charge < -0.3 is 9.88 Å². The summed E-state index contributed by atoms with van der Waals surface area (Å²) in [6, 6.07) is 5.87. The van der Waals surface area contributed by atoms with E-state index >= 15 is 0 Å². The molecule has 1 N–H and O–H groups in total. The van der Waals surface area contributed by atoms with E-state index in [9.17, 15) is 0 Å². The molecule has 0 radical (unpaired) electrons. The Morgan fingerprint density at radius 3 is 2.69 bits per heavy atom. The van der Waals surface area contributed by atoms with Gasteiger partial charge in [-0.25, -0.2) is 4.98 Å². The van der Waals surface area contributed by atoms with Gasteiger partial charge in [0.05, 0.1) is 16.4 Å². The average Bonchev–Trinajstić information content (AvgIpc) is 2.51. The summed E-state index contributed by atoms with van der Waals surface area (Å²) in [5.74, 6) is 0.796. The molecular formula is C12H14ClN3. The lowest BCUT2D eigenvalue weighted by Crippen LogP contribution is -1.99. The van der Waals surface area contributed by atoms with Gasteiger partial charge in [-0.1, -0.05) is 17.7 Å². The first-order valence-electron chi connectivity index (χ1n) is 5.09. The molecule has 1 heterocycles. The number of hydrogen-bond acceptors (Lipinski definition) is 2. The Morgan fingerprint density at radius 1 is 1.31 bits per heavy atom. The Balaban J connectivity index is 2.33. The van der Waals surface area contributed by atoms with E-state index in [0.717, 1.165) is 22.9 Å². The molecule has 1 aromatic heterocycles. The lowest BCUT2D eigenvalue weighted by atomic mass is 10.2. The van der Waals surface area contributed by atoms with Crippen LogP contribution in [0.1, 0.15) is 11.3 Å². The second-order valence-electron chi connectivity index (χ2n) is 3.93. The molecule has 0 saturated carbocycles. The molecule has 0 unspecified atom stereocenters. The summed E-state index contributed by atoms with van der Waals surface area (Å²) in [5.41, 5.74) is 3.03. The number of benzene rings is 1. The topological polar surface area (TPSA) is 29.9 Å². The molecule has 2 aromatic rings. The van der Waals surface area contributed by atoms with Crippen LogP contribution >= 0.6 is 11.6 Å². The maximum atomic E-state index is 6.11. The molecule has 0 aliphatic carbocycles. The van der Waals surface area contributed by atoms with Gasteiger partial charge >= 0.3 is 0 Å². The van der Waals surface area contributed by atoms with Crippen molar-refractivity contribution in [2.24, 2.45) is 7.05 Å². The number of nitrogens with zero attached hydrogens (tertiary/aromatic N) is 2. The summed E-state index contributed by atoms with van der Waals surface area (Å²) in [6.45, 7) is 3.99. The quantitative estimate of drug-likeness (QED) is 0.864. The predicted octanol–water partition coefficient (Wildman–Crippen LogP) is 3.43. The van der Waals surface area contributed by atoms with Crippen molar-refractivity contribution in [2.45, 2.75) is 13.8 Å². The van der Waals surface area contributed by atoms with E-state index in [-0.39, 0.29) is 0 Å². The average molecular weight is 236 g/mol. The Kier molecular flexibility index (Phi) is 2.88. The number of aromatic nitrogens is 2. The molecule has 1 aromatic carbocycles. The minimum Gasteiger partial charge on any atom is -0.324 e. The van der Waals surface area contributed by atoms with E-state index in [0.29, 0.717) is 5.02 Å². The molecule has 84 valence electrons. The number of aryl methyl sites for hydroxylation is 3. The number of halogens is 1. The molecule has 0 spiro atoms. The molecule has 2 rings (SSSR count). The van der Waals surface area contributed by atoms with Gasteiger partial charge in [-0.05, 0) is 31.5 Å². The van der Waals surface area contributed by atoms with Gasteiger partial charge in [0, 0.05) is 13.2 Å². The van der Waals surface area contributed by atoms with Crippen LogP contribution in [0.5, 0.6) is 0 Å². The highest BCUT2D eigenvalue weighted by Crippen LogP contribution is 2.25. The summed E-state index contributed by atoms with van der Waals surface area (Å²) in [4.78, 5) is 4.37. The number of rotatable bonds is 2. The predicted molar refractivity (Wildman–Crippen MR) is 67.4 cm³/mol. The third-order valence-corrected chi connectivity index (χ3v) is 2.69. The number of anilines is 2. The lowest BCUT2D eigenvalue weighted by molar-refractivity contribution is 0.923. The molecule has 0 saturated heterocycles. The van der Waals surface area contributed by atoms with Crippen molar-refractivity contribution < 1.29 is 0 Å². The van der Waals surface area contributed by atoms with E-state index in [1.807, 2.05) is 49.9 Å². The van der Waals surface area contributed by atoms with Gasteiger partial charge in [-0.2, -0.15) is 0 Å². The van der Waals surface area contributed by atoms with Crippen LogP contribution in [0.2, 0.25) is 5.02 Å². The second kappa shape index (κ2) is 4.18. The van der Waals surface area contributed by atoms with E-state index < -0.39 is 0 Å². The van der Waals surface area contributed by atoms with Crippen LogP contribution in [0, 0.1) is 13.8 Å². The van der Waals surface area contributed by atoms with Crippen molar-refractivity contribution in [2.75, 3.05) is 5.32 Å². The zero-order valence-corrected chi connectivity index (χ0v) is 10.3. The minimum atomic E-state index is 0.700. The highest BCUT2D eigenvalue weighted by Gasteiger charge is 2.05. The second-order valence-corrected chi connectivity index (χ2v) is 4.33. The molecule has 0 aliphatic heterocycles. The third-order valence-electron chi connectivity index (χ3n) is 2.37. The molecule has 0 fully saturated rings. The molecule has 4 heteroatoms. The summed E-state index contributed by atoms with van der Waals surface area (Å²) in [6.07, 6.45) is 1.96. The van der Waals surface area contributed by atoms with Crippen molar-refractivity contribution in [3.05, 3.63) is 40.7 Å². The molecule has 0 aliphatic rings.